The van der Waals surface area contributed by atoms with E-state index in [-0.39, 0.29) is 36.4 Å². The minimum Gasteiger partial charge on any atom is -0.439 e. The van der Waals surface area contributed by atoms with Crippen molar-refractivity contribution in [3.05, 3.63) is 54.0 Å². The van der Waals surface area contributed by atoms with Gasteiger partial charge in [-0.1, -0.05) is 26.0 Å². The third kappa shape index (κ3) is 10.3. The van der Waals surface area contributed by atoms with Crippen LogP contribution in [0.3, 0.4) is 0 Å². The maximum absolute atomic E-state index is 13.4. The molecule has 1 unspecified atom stereocenters. The molecule has 0 radical (unpaired) electrons. The summed E-state index contributed by atoms with van der Waals surface area (Å²) in [5.41, 5.74) is 0.799. The number of benzene rings is 1. The van der Waals surface area contributed by atoms with Crippen molar-refractivity contribution in [1.29, 1.82) is 0 Å². The number of guanidine groups is 1. The topological polar surface area (TPSA) is 78.8 Å². The van der Waals surface area contributed by atoms with E-state index in [0.717, 1.165) is 31.5 Å². The summed E-state index contributed by atoms with van der Waals surface area (Å²) in [5, 5.41) is 15.9. The number of hydrogen-bond acceptors (Lipinski definition) is 4. The van der Waals surface area contributed by atoms with Gasteiger partial charge in [0.1, 0.15) is 11.6 Å². The van der Waals surface area contributed by atoms with Gasteiger partial charge < -0.3 is 20.5 Å². The SMILES string of the molecule is CCNC(=NCc1cccnc1Oc1cccc(F)c1)NCC(CCO)CC(C)C.I. The maximum atomic E-state index is 13.4. The van der Waals surface area contributed by atoms with Gasteiger partial charge in [0.05, 0.1) is 6.54 Å². The molecule has 3 N–H and O–H groups in total. The van der Waals surface area contributed by atoms with Crippen LogP contribution in [0.2, 0.25) is 0 Å². The standard InChI is InChI=1S/C23H33FN4O2.HI/c1-4-25-23(27-15-18(10-12-29)13-17(2)3)28-16-19-7-6-11-26-22(19)30-21-9-5-8-20(24)14-21;/h5-9,11,14,17-18,29H,4,10,12-13,15-16H2,1-3H3,(H2,25,27,28);1H. The van der Waals surface area contributed by atoms with Crippen molar-refractivity contribution in [2.75, 3.05) is 19.7 Å². The molecule has 0 saturated carbocycles. The molecule has 2 rings (SSSR count). The molecule has 172 valence electrons. The van der Waals surface area contributed by atoms with E-state index in [2.05, 4.69) is 34.5 Å². The predicted octanol–water partition coefficient (Wildman–Crippen LogP) is 4.73. The van der Waals surface area contributed by atoms with Crippen molar-refractivity contribution in [1.82, 2.24) is 15.6 Å². The van der Waals surface area contributed by atoms with Crippen LogP contribution >= 0.6 is 24.0 Å². The van der Waals surface area contributed by atoms with Crippen molar-refractivity contribution in [3.63, 3.8) is 0 Å². The average Bonchev–Trinajstić information content (AvgIpc) is 2.70. The van der Waals surface area contributed by atoms with Crippen LogP contribution in [-0.4, -0.2) is 35.7 Å². The van der Waals surface area contributed by atoms with E-state index in [9.17, 15) is 9.50 Å². The van der Waals surface area contributed by atoms with Crippen molar-refractivity contribution in [2.45, 2.75) is 40.2 Å². The number of nitrogens with one attached hydrogen (secondary N) is 2. The Morgan fingerprint density at radius 1 is 1.23 bits per heavy atom. The molecule has 8 heteroatoms. The van der Waals surface area contributed by atoms with Gasteiger partial charge in [-0.25, -0.2) is 14.4 Å². The van der Waals surface area contributed by atoms with E-state index in [1.807, 2.05) is 19.1 Å². The van der Waals surface area contributed by atoms with Crippen LogP contribution in [0.4, 0.5) is 4.39 Å². The van der Waals surface area contributed by atoms with Gasteiger partial charge in [-0.3, -0.25) is 0 Å². The molecule has 1 heterocycles. The Hall–Kier alpha value is -1.94. The molecule has 6 nitrogen and oxygen atoms in total. The predicted molar refractivity (Wildman–Crippen MR) is 134 cm³/mol. The van der Waals surface area contributed by atoms with Gasteiger partial charge in [0.15, 0.2) is 5.96 Å². The minimum absolute atomic E-state index is 0. The van der Waals surface area contributed by atoms with Crippen molar-refractivity contribution in [2.24, 2.45) is 16.8 Å². The molecule has 0 fully saturated rings. The lowest BCUT2D eigenvalue weighted by molar-refractivity contribution is 0.243. The third-order valence-electron chi connectivity index (χ3n) is 4.51. The molecule has 0 aliphatic rings. The summed E-state index contributed by atoms with van der Waals surface area (Å²) < 4.78 is 19.2. The number of ether oxygens (including phenoxy) is 1. The fourth-order valence-electron chi connectivity index (χ4n) is 3.18. The number of nitrogens with zero attached hydrogens (tertiary/aromatic N) is 2. The molecule has 1 atom stereocenters. The highest BCUT2D eigenvalue weighted by molar-refractivity contribution is 14.0. The summed E-state index contributed by atoms with van der Waals surface area (Å²) in [6.45, 7) is 8.41. The summed E-state index contributed by atoms with van der Waals surface area (Å²) in [7, 11) is 0. The van der Waals surface area contributed by atoms with Gasteiger partial charge in [0.2, 0.25) is 5.88 Å². The van der Waals surface area contributed by atoms with Crippen LogP contribution in [0.5, 0.6) is 11.6 Å². The van der Waals surface area contributed by atoms with Crippen LogP contribution in [-0.2, 0) is 6.54 Å². The summed E-state index contributed by atoms with van der Waals surface area (Å²) in [5.74, 6) is 2.08. The lowest BCUT2D eigenvalue weighted by Gasteiger charge is -2.20. The van der Waals surface area contributed by atoms with Gasteiger partial charge in [-0.15, -0.1) is 24.0 Å². The number of aliphatic imine (C=N–C) groups is 1. The van der Waals surface area contributed by atoms with Crippen LogP contribution < -0.4 is 15.4 Å². The van der Waals surface area contributed by atoms with E-state index in [1.54, 1.807) is 18.3 Å². The molecule has 0 spiro atoms. The molecule has 0 amide bonds. The van der Waals surface area contributed by atoms with Crippen LogP contribution in [0.25, 0.3) is 0 Å². The number of hydrogen-bond donors (Lipinski definition) is 3. The van der Waals surface area contributed by atoms with E-state index >= 15 is 0 Å². The van der Waals surface area contributed by atoms with Crippen LogP contribution in [0.15, 0.2) is 47.6 Å². The molecule has 31 heavy (non-hydrogen) atoms. The number of pyridine rings is 1. The van der Waals surface area contributed by atoms with Crippen LogP contribution in [0, 0.1) is 17.7 Å². The second-order valence-electron chi connectivity index (χ2n) is 7.61. The second-order valence-corrected chi connectivity index (χ2v) is 7.61. The molecule has 1 aromatic heterocycles. The Morgan fingerprint density at radius 3 is 2.71 bits per heavy atom. The first-order chi connectivity index (χ1) is 14.5. The fourth-order valence-corrected chi connectivity index (χ4v) is 3.18. The number of aliphatic hydroxyl groups excluding tert-OH is 1. The zero-order chi connectivity index (χ0) is 21.8. The van der Waals surface area contributed by atoms with E-state index in [1.165, 1.54) is 12.1 Å². The van der Waals surface area contributed by atoms with Gasteiger partial charge in [-0.2, -0.15) is 0 Å². The lowest BCUT2D eigenvalue weighted by atomic mass is 9.94. The molecule has 0 bridgehead atoms. The zero-order valence-corrected chi connectivity index (χ0v) is 20.8. The number of aliphatic hydroxyl groups is 1. The Morgan fingerprint density at radius 2 is 2.03 bits per heavy atom. The maximum Gasteiger partial charge on any atom is 0.224 e. The highest BCUT2D eigenvalue weighted by Crippen LogP contribution is 2.24. The first-order valence-electron chi connectivity index (χ1n) is 10.5. The minimum atomic E-state index is -0.361. The molecule has 2 aromatic rings. The second kappa shape index (κ2) is 15.0. The highest BCUT2D eigenvalue weighted by Gasteiger charge is 2.12. The molecule has 0 aliphatic heterocycles. The summed E-state index contributed by atoms with van der Waals surface area (Å²) in [4.78, 5) is 8.93. The Labute approximate surface area is 201 Å². The zero-order valence-electron chi connectivity index (χ0n) is 18.5. The number of aromatic nitrogens is 1. The van der Waals surface area contributed by atoms with Gasteiger partial charge in [0, 0.05) is 37.5 Å². The fraction of sp³-hybridized carbons (Fsp3) is 0.478. The first kappa shape index (κ1) is 27.1. The van der Waals surface area contributed by atoms with E-state index in [4.69, 9.17) is 4.74 Å². The van der Waals surface area contributed by atoms with Crippen molar-refractivity contribution >= 4 is 29.9 Å². The largest absolute Gasteiger partial charge is 0.439 e. The molecule has 0 aliphatic carbocycles. The number of rotatable bonds is 11. The normalized spacial score (nSPS) is 12.3. The molecule has 0 saturated heterocycles. The monoisotopic (exact) mass is 544 g/mol. The molecular weight excluding hydrogens is 510 g/mol. The Kier molecular flexibility index (Phi) is 13.1. The smallest absolute Gasteiger partial charge is 0.224 e. The summed E-state index contributed by atoms with van der Waals surface area (Å²) >= 11 is 0. The molecule has 1 aromatic carbocycles. The van der Waals surface area contributed by atoms with Crippen molar-refractivity contribution < 1.29 is 14.2 Å². The van der Waals surface area contributed by atoms with Crippen molar-refractivity contribution in [3.8, 4) is 11.6 Å². The van der Waals surface area contributed by atoms with Crippen LogP contribution in [0.1, 0.15) is 39.2 Å². The van der Waals surface area contributed by atoms with Gasteiger partial charge in [0.25, 0.3) is 0 Å². The van der Waals surface area contributed by atoms with E-state index in [0.29, 0.717) is 36.0 Å². The van der Waals surface area contributed by atoms with Gasteiger partial charge in [-0.05, 0) is 49.8 Å². The third-order valence-corrected chi connectivity index (χ3v) is 4.51. The number of halogens is 2. The van der Waals surface area contributed by atoms with E-state index < -0.39 is 0 Å². The lowest BCUT2D eigenvalue weighted by Crippen LogP contribution is -2.40. The summed E-state index contributed by atoms with van der Waals surface area (Å²) in [6.07, 6.45) is 3.44. The highest BCUT2D eigenvalue weighted by atomic mass is 127. The first-order valence-corrected chi connectivity index (χ1v) is 10.5. The quantitative estimate of drug-likeness (QED) is 0.217. The van der Waals surface area contributed by atoms with Gasteiger partial charge >= 0.3 is 0 Å². The average molecular weight is 544 g/mol. The Bertz CT molecular complexity index is 805. The molecular formula is C23H34FIN4O2. The Balaban J connectivity index is 0.00000480. The summed E-state index contributed by atoms with van der Waals surface area (Å²) in [6, 6.07) is 9.69.